The molecule has 0 radical (unpaired) electrons. The van der Waals surface area contributed by atoms with Gasteiger partial charge in [0, 0.05) is 12.1 Å². The van der Waals surface area contributed by atoms with Crippen molar-refractivity contribution in [3.05, 3.63) is 12.7 Å². The normalized spacial score (nSPS) is 22.8. The van der Waals surface area contributed by atoms with E-state index < -0.39 is 0 Å². The molecule has 0 bridgehead atoms. The van der Waals surface area contributed by atoms with Gasteiger partial charge in [-0.3, -0.25) is 0 Å². The summed E-state index contributed by atoms with van der Waals surface area (Å²) in [6.07, 6.45) is 21.8. The van der Waals surface area contributed by atoms with Crippen LogP contribution in [0, 0.1) is 0 Å². The second-order valence-corrected chi connectivity index (χ2v) is 7.01. The number of allylic oxidation sites excluding steroid dienone is 1. The van der Waals surface area contributed by atoms with Crippen LogP contribution in [0.1, 0.15) is 96.8 Å². The zero-order chi connectivity index (χ0) is 15.3. The number of hydrogen-bond donors (Lipinski definition) is 0. The van der Waals surface area contributed by atoms with E-state index in [1.165, 1.54) is 89.9 Å². The van der Waals surface area contributed by atoms with Crippen molar-refractivity contribution in [2.45, 2.75) is 109 Å². The minimum absolute atomic E-state index is 0.871. The lowest BCUT2D eigenvalue weighted by molar-refractivity contribution is 0.223. The smallest absolute Gasteiger partial charge is 0.00957 e. The van der Waals surface area contributed by atoms with E-state index in [4.69, 9.17) is 0 Å². The summed E-state index contributed by atoms with van der Waals surface area (Å²) < 4.78 is 0. The van der Waals surface area contributed by atoms with Gasteiger partial charge in [-0.05, 0) is 45.6 Å². The van der Waals surface area contributed by atoms with Crippen molar-refractivity contribution in [1.82, 2.24) is 4.90 Å². The van der Waals surface area contributed by atoms with Crippen molar-refractivity contribution < 1.29 is 0 Å². The molecule has 21 heavy (non-hydrogen) atoms. The van der Waals surface area contributed by atoms with E-state index in [9.17, 15) is 0 Å². The largest absolute Gasteiger partial charge is 0.300 e. The molecule has 124 valence electrons. The predicted octanol–water partition coefficient (Wildman–Crippen LogP) is 6.34. The first-order chi connectivity index (χ1) is 10.3. The summed E-state index contributed by atoms with van der Waals surface area (Å²) in [5, 5.41) is 0. The lowest BCUT2D eigenvalue weighted by atomic mass is 10.0. The Morgan fingerprint density at radius 1 is 0.857 bits per heavy atom. The fourth-order valence-electron chi connectivity index (χ4n) is 3.84. The van der Waals surface area contributed by atoms with Gasteiger partial charge in [0.15, 0.2) is 0 Å². The maximum atomic E-state index is 3.78. The van der Waals surface area contributed by atoms with Gasteiger partial charge in [0.05, 0.1) is 0 Å². The Morgan fingerprint density at radius 3 is 1.90 bits per heavy atom. The minimum atomic E-state index is 0.871. The van der Waals surface area contributed by atoms with E-state index in [2.05, 4.69) is 25.5 Å². The molecule has 1 heterocycles. The monoisotopic (exact) mass is 293 g/mol. The molecule has 1 saturated heterocycles. The van der Waals surface area contributed by atoms with E-state index in [0.717, 1.165) is 12.1 Å². The molecule has 1 heteroatoms. The van der Waals surface area contributed by atoms with Crippen LogP contribution in [-0.2, 0) is 0 Å². The van der Waals surface area contributed by atoms with Crippen LogP contribution in [0.15, 0.2) is 12.7 Å². The molecule has 1 rings (SSSR count). The number of nitrogens with zero attached hydrogens (tertiary/aromatic N) is 1. The molecule has 0 N–H and O–H groups in total. The van der Waals surface area contributed by atoms with Gasteiger partial charge in [-0.25, -0.2) is 0 Å². The quantitative estimate of drug-likeness (QED) is 0.283. The lowest BCUT2D eigenvalue weighted by Gasteiger charge is -2.24. The van der Waals surface area contributed by atoms with Crippen LogP contribution in [0.4, 0.5) is 0 Å². The van der Waals surface area contributed by atoms with E-state index in [1.807, 2.05) is 6.08 Å². The van der Waals surface area contributed by atoms with Crippen LogP contribution < -0.4 is 0 Å². The Kier molecular flexibility index (Phi) is 10.9. The first kappa shape index (κ1) is 18.7. The van der Waals surface area contributed by atoms with E-state index >= 15 is 0 Å². The van der Waals surface area contributed by atoms with Gasteiger partial charge < -0.3 is 4.90 Å². The summed E-state index contributed by atoms with van der Waals surface area (Å²) in [6, 6.07) is 1.76. The molecule has 2 atom stereocenters. The van der Waals surface area contributed by atoms with Crippen molar-refractivity contribution >= 4 is 0 Å². The summed E-state index contributed by atoms with van der Waals surface area (Å²) >= 11 is 0. The Balaban J connectivity index is 1.84. The minimum Gasteiger partial charge on any atom is -0.300 e. The highest BCUT2D eigenvalue weighted by atomic mass is 15.2. The molecule has 1 nitrogen and oxygen atoms in total. The van der Waals surface area contributed by atoms with Gasteiger partial charge in [0.25, 0.3) is 0 Å². The second kappa shape index (κ2) is 12.3. The number of likely N-dealkylation sites (tertiary alicyclic amines) is 1. The molecule has 0 aliphatic carbocycles. The third kappa shape index (κ3) is 8.04. The maximum absolute atomic E-state index is 3.78. The van der Waals surface area contributed by atoms with Gasteiger partial charge in [0.1, 0.15) is 0 Å². The Labute approximate surface area is 134 Å². The van der Waals surface area contributed by atoms with Gasteiger partial charge in [0.2, 0.25) is 0 Å². The molecule has 1 aliphatic rings. The Hall–Kier alpha value is -0.300. The molecule has 0 saturated carbocycles. The lowest BCUT2D eigenvalue weighted by Crippen LogP contribution is -2.31. The SMILES string of the molecule is C=CCCCCCCCCCCCC1CCC(CC)N1C. The summed E-state index contributed by atoms with van der Waals surface area (Å²) in [5.41, 5.74) is 0. The molecule has 0 aromatic carbocycles. The number of rotatable bonds is 13. The first-order valence-corrected chi connectivity index (χ1v) is 9.62. The van der Waals surface area contributed by atoms with E-state index in [-0.39, 0.29) is 0 Å². The predicted molar refractivity (Wildman–Crippen MR) is 95.8 cm³/mol. The third-order valence-corrected chi connectivity index (χ3v) is 5.40. The van der Waals surface area contributed by atoms with Crippen LogP contribution in [0.25, 0.3) is 0 Å². The fourth-order valence-corrected chi connectivity index (χ4v) is 3.84. The molecule has 0 aromatic heterocycles. The average Bonchev–Trinajstić information content (AvgIpc) is 2.85. The average molecular weight is 294 g/mol. The summed E-state index contributed by atoms with van der Waals surface area (Å²) in [5.74, 6) is 0. The van der Waals surface area contributed by atoms with E-state index in [0.29, 0.717) is 0 Å². The van der Waals surface area contributed by atoms with Crippen LogP contribution in [0.5, 0.6) is 0 Å². The van der Waals surface area contributed by atoms with Crippen molar-refractivity contribution in [1.29, 1.82) is 0 Å². The molecule has 0 spiro atoms. The third-order valence-electron chi connectivity index (χ3n) is 5.40. The summed E-state index contributed by atoms with van der Waals surface area (Å²) in [4.78, 5) is 2.66. The highest BCUT2D eigenvalue weighted by Gasteiger charge is 2.28. The van der Waals surface area contributed by atoms with Crippen molar-refractivity contribution in [2.24, 2.45) is 0 Å². The van der Waals surface area contributed by atoms with E-state index in [1.54, 1.807) is 0 Å². The Morgan fingerprint density at radius 2 is 1.38 bits per heavy atom. The topological polar surface area (TPSA) is 3.24 Å². The van der Waals surface area contributed by atoms with Crippen molar-refractivity contribution in [2.75, 3.05) is 7.05 Å². The molecular formula is C20H39N. The van der Waals surface area contributed by atoms with Crippen molar-refractivity contribution in [3.63, 3.8) is 0 Å². The zero-order valence-corrected chi connectivity index (χ0v) is 14.8. The van der Waals surface area contributed by atoms with Crippen LogP contribution >= 0.6 is 0 Å². The molecular weight excluding hydrogens is 254 g/mol. The second-order valence-electron chi connectivity index (χ2n) is 7.01. The maximum Gasteiger partial charge on any atom is 0.00957 e. The number of unbranched alkanes of at least 4 members (excludes halogenated alkanes) is 9. The molecule has 1 aliphatic heterocycles. The van der Waals surface area contributed by atoms with Crippen molar-refractivity contribution in [3.8, 4) is 0 Å². The molecule has 0 amide bonds. The van der Waals surface area contributed by atoms with Gasteiger partial charge in [-0.15, -0.1) is 6.58 Å². The van der Waals surface area contributed by atoms with Crippen LogP contribution in [0.3, 0.4) is 0 Å². The highest BCUT2D eigenvalue weighted by molar-refractivity contribution is 4.84. The van der Waals surface area contributed by atoms with Gasteiger partial charge >= 0.3 is 0 Å². The van der Waals surface area contributed by atoms with Gasteiger partial charge in [-0.1, -0.05) is 64.4 Å². The van der Waals surface area contributed by atoms with Gasteiger partial charge in [-0.2, -0.15) is 0 Å². The summed E-state index contributed by atoms with van der Waals surface area (Å²) in [7, 11) is 2.35. The van der Waals surface area contributed by atoms with Crippen LogP contribution in [0.2, 0.25) is 0 Å². The number of hydrogen-bond acceptors (Lipinski definition) is 1. The highest BCUT2D eigenvalue weighted by Crippen LogP contribution is 2.27. The fraction of sp³-hybridized carbons (Fsp3) is 0.900. The summed E-state index contributed by atoms with van der Waals surface area (Å²) in [6.45, 7) is 6.11. The van der Waals surface area contributed by atoms with Crippen LogP contribution in [-0.4, -0.2) is 24.0 Å². The standard InChI is InChI=1S/C20H39N/c1-4-6-7-8-9-10-11-12-13-14-15-16-20-18-17-19(5-2)21(20)3/h4,19-20H,1,5-18H2,2-3H3. The molecule has 0 aromatic rings. The first-order valence-electron chi connectivity index (χ1n) is 9.62. The Bertz CT molecular complexity index is 248. The molecule has 1 fully saturated rings. The zero-order valence-electron chi connectivity index (χ0n) is 14.8. The molecule has 2 unspecified atom stereocenters.